The first-order valence-corrected chi connectivity index (χ1v) is 7.47. The molecule has 1 aliphatic carbocycles. The maximum atomic E-state index is 14.1. The van der Waals surface area contributed by atoms with Gasteiger partial charge in [-0.3, -0.25) is 0 Å². The summed E-state index contributed by atoms with van der Waals surface area (Å²) in [5.41, 5.74) is 2.39. The Morgan fingerprint density at radius 1 is 0.957 bits per heavy atom. The summed E-state index contributed by atoms with van der Waals surface area (Å²) in [6.07, 6.45) is 0.725. The van der Waals surface area contributed by atoms with Crippen LogP contribution in [0.1, 0.15) is 24.3 Å². The molecule has 0 saturated heterocycles. The highest BCUT2D eigenvalue weighted by Crippen LogP contribution is 2.45. The zero-order valence-corrected chi connectivity index (χ0v) is 12.1. The first-order chi connectivity index (χ1) is 11.0. The van der Waals surface area contributed by atoms with E-state index in [1.54, 1.807) is 12.1 Å². The number of aromatic nitrogens is 1. The van der Waals surface area contributed by atoms with Gasteiger partial charge in [-0.25, -0.2) is 13.2 Å². The second kappa shape index (κ2) is 5.13. The van der Waals surface area contributed by atoms with Crippen molar-refractivity contribution in [2.24, 2.45) is 0 Å². The van der Waals surface area contributed by atoms with Crippen molar-refractivity contribution in [3.63, 3.8) is 0 Å². The Labute approximate surface area is 130 Å². The van der Waals surface area contributed by atoms with Gasteiger partial charge in [0.1, 0.15) is 17.5 Å². The lowest BCUT2D eigenvalue weighted by atomic mass is 9.76. The van der Waals surface area contributed by atoms with Crippen LogP contribution in [0.3, 0.4) is 0 Å². The van der Waals surface area contributed by atoms with E-state index >= 15 is 0 Å². The third-order valence-corrected chi connectivity index (χ3v) is 4.52. The van der Waals surface area contributed by atoms with Gasteiger partial charge >= 0.3 is 0 Å². The number of halogens is 3. The Kier molecular flexibility index (Phi) is 3.20. The molecule has 1 saturated carbocycles. The standard InChI is InChI=1S/C18H14F3NO/c19-11-3-1-9(2-4-11)17-16(10-5-13(23)6-10)14-7-12(20)8-15(21)18(14)22-17/h1-4,7-8,10,13,22-23H,5-6H2. The zero-order valence-electron chi connectivity index (χ0n) is 12.1. The predicted molar refractivity (Wildman–Crippen MR) is 81.6 cm³/mol. The van der Waals surface area contributed by atoms with E-state index in [1.807, 2.05) is 0 Å². The number of hydrogen-bond donors (Lipinski definition) is 2. The Bertz CT molecular complexity index is 879. The Balaban J connectivity index is 1.97. The number of benzene rings is 2. The zero-order chi connectivity index (χ0) is 16.1. The van der Waals surface area contributed by atoms with Crippen molar-refractivity contribution in [3.05, 3.63) is 59.4 Å². The van der Waals surface area contributed by atoms with Gasteiger partial charge in [-0.15, -0.1) is 0 Å². The normalized spacial score (nSPS) is 20.7. The molecule has 2 aromatic carbocycles. The number of fused-ring (bicyclic) bond motifs is 1. The van der Waals surface area contributed by atoms with Crippen LogP contribution in [0, 0.1) is 17.5 Å². The lowest BCUT2D eigenvalue weighted by Crippen LogP contribution is -2.26. The summed E-state index contributed by atoms with van der Waals surface area (Å²) < 4.78 is 40.9. The van der Waals surface area contributed by atoms with E-state index < -0.39 is 11.6 Å². The smallest absolute Gasteiger partial charge is 0.150 e. The van der Waals surface area contributed by atoms with Gasteiger partial charge in [0.15, 0.2) is 0 Å². The average molecular weight is 317 g/mol. The average Bonchev–Trinajstić information content (AvgIpc) is 2.84. The summed E-state index contributed by atoms with van der Waals surface area (Å²) in [5.74, 6) is -1.63. The summed E-state index contributed by atoms with van der Waals surface area (Å²) in [4.78, 5) is 3.01. The minimum absolute atomic E-state index is 0.0278. The molecule has 3 aromatic rings. The van der Waals surface area contributed by atoms with E-state index in [1.165, 1.54) is 18.2 Å². The second-order valence-electron chi connectivity index (χ2n) is 6.05. The van der Waals surface area contributed by atoms with Crippen LogP contribution in [0.5, 0.6) is 0 Å². The van der Waals surface area contributed by atoms with Gasteiger partial charge in [0.2, 0.25) is 0 Å². The molecule has 2 N–H and O–H groups in total. The maximum Gasteiger partial charge on any atom is 0.150 e. The van der Waals surface area contributed by atoms with Crippen LogP contribution in [-0.4, -0.2) is 16.2 Å². The monoisotopic (exact) mass is 317 g/mol. The highest BCUT2D eigenvalue weighted by molar-refractivity contribution is 5.92. The molecular weight excluding hydrogens is 303 g/mol. The number of aliphatic hydroxyl groups is 1. The molecule has 4 rings (SSSR count). The van der Waals surface area contributed by atoms with E-state index in [2.05, 4.69) is 4.98 Å². The minimum atomic E-state index is -0.658. The van der Waals surface area contributed by atoms with Crippen LogP contribution in [-0.2, 0) is 0 Å². The Morgan fingerprint density at radius 3 is 2.30 bits per heavy atom. The molecule has 1 aromatic heterocycles. The van der Waals surface area contributed by atoms with Crippen molar-refractivity contribution >= 4 is 10.9 Å². The molecule has 0 atom stereocenters. The lowest BCUT2D eigenvalue weighted by molar-refractivity contribution is 0.0753. The SMILES string of the molecule is OC1CC(c2c(-c3ccc(F)cc3)[nH]c3c(F)cc(F)cc23)C1. The Morgan fingerprint density at radius 2 is 1.65 bits per heavy atom. The van der Waals surface area contributed by atoms with Gasteiger partial charge < -0.3 is 10.1 Å². The van der Waals surface area contributed by atoms with E-state index in [0.29, 0.717) is 29.5 Å². The lowest BCUT2D eigenvalue weighted by Gasteiger charge is -2.32. The van der Waals surface area contributed by atoms with Crippen LogP contribution < -0.4 is 0 Å². The van der Waals surface area contributed by atoms with Crippen molar-refractivity contribution in [3.8, 4) is 11.3 Å². The summed E-state index contributed by atoms with van der Waals surface area (Å²) in [5, 5.41) is 10.1. The molecule has 1 fully saturated rings. The number of hydrogen-bond acceptors (Lipinski definition) is 1. The summed E-state index contributed by atoms with van der Waals surface area (Å²) in [6.45, 7) is 0. The first kappa shape index (κ1) is 14.3. The number of nitrogens with one attached hydrogen (secondary N) is 1. The van der Waals surface area contributed by atoms with E-state index in [4.69, 9.17) is 0 Å². The van der Waals surface area contributed by atoms with Crippen molar-refractivity contribution < 1.29 is 18.3 Å². The van der Waals surface area contributed by atoms with Gasteiger partial charge in [0, 0.05) is 11.5 Å². The van der Waals surface area contributed by atoms with Crippen molar-refractivity contribution in [2.75, 3.05) is 0 Å². The first-order valence-electron chi connectivity index (χ1n) is 7.47. The van der Waals surface area contributed by atoms with Gasteiger partial charge in [-0.2, -0.15) is 0 Å². The van der Waals surface area contributed by atoms with Crippen molar-refractivity contribution in [1.29, 1.82) is 0 Å². The van der Waals surface area contributed by atoms with Crippen LogP contribution in [0.2, 0.25) is 0 Å². The van der Waals surface area contributed by atoms with Gasteiger partial charge in [-0.1, -0.05) is 0 Å². The quantitative estimate of drug-likeness (QED) is 0.718. The molecule has 1 aliphatic rings. The fraction of sp³-hybridized carbons (Fsp3) is 0.222. The summed E-state index contributed by atoms with van der Waals surface area (Å²) >= 11 is 0. The van der Waals surface area contributed by atoms with Crippen molar-refractivity contribution in [2.45, 2.75) is 24.9 Å². The van der Waals surface area contributed by atoms with Crippen LogP contribution in [0.4, 0.5) is 13.2 Å². The molecule has 1 heterocycles. The number of rotatable bonds is 2. The molecule has 0 amide bonds. The highest BCUT2D eigenvalue weighted by atomic mass is 19.1. The molecule has 0 spiro atoms. The molecule has 0 aliphatic heterocycles. The summed E-state index contributed by atoms with van der Waals surface area (Å²) in [7, 11) is 0. The van der Waals surface area contributed by atoms with E-state index in [-0.39, 0.29) is 23.4 Å². The fourth-order valence-corrected chi connectivity index (χ4v) is 3.33. The third-order valence-electron chi connectivity index (χ3n) is 4.52. The fourth-order valence-electron chi connectivity index (χ4n) is 3.33. The van der Waals surface area contributed by atoms with E-state index in [0.717, 1.165) is 11.6 Å². The van der Waals surface area contributed by atoms with Crippen LogP contribution in [0.25, 0.3) is 22.2 Å². The van der Waals surface area contributed by atoms with Crippen molar-refractivity contribution in [1.82, 2.24) is 4.98 Å². The molecule has 0 unspecified atom stereocenters. The summed E-state index contributed by atoms with van der Waals surface area (Å²) in [6, 6.07) is 8.02. The van der Waals surface area contributed by atoms with Gasteiger partial charge in [-0.05, 0) is 60.2 Å². The molecule has 5 heteroatoms. The van der Waals surface area contributed by atoms with Gasteiger partial charge in [0.05, 0.1) is 17.3 Å². The molecule has 118 valence electrons. The van der Waals surface area contributed by atoms with Crippen LogP contribution >= 0.6 is 0 Å². The highest BCUT2D eigenvalue weighted by Gasteiger charge is 2.33. The van der Waals surface area contributed by atoms with Gasteiger partial charge in [0.25, 0.3) is 0 Å². The topological polar surface area (TPSA) is 36.0 Å². The number of H-pyrrole nitrogens is 1. The van der Waals surface area contributed by atoms with Crippen LogP contribution in [0.15, 0.2) is 36.4 Å². The molecule has 0 radical (unpaired) electrons. The predicted octanol–water partition coefficient (Wildman–Crippen LogP) is 4.49. The number of aliphatic hydroxyl groups excluding tert-OH is 1. The molecule has 23 heavy (non-hydrogen) atoms. The molecular formula is C18H14F3NO. The number of aromatic amines is 1. The minimum Gasteiger partial charge on any atom is -0.393 e. The molecule has 0 bridgehead atoms. The largest absolute Gasteiger partial charge is 0.393 e. The maximum absolute atomic E-state index is 14.1. The second-order valence-corrected chi connectivity index (χ2v) is 6.05. The Hall–Kier alpha value is -2.27. The third kappa shape index (κ3) is 2.32. The van der Waals surface area contributed by atoms with E-state index in [9.17, 15) is 18.3 Å². The molecule has 2 nitrogen and oxygen atoms in total.